The highest BCUT2D eigenvalue weighted by atomic mass is 35.5. The zero-order valence-electron chi connectivity index (χ0n) is 24.0. The van der Waals surface area contributed by atoms with Crippen molar-refractivity contribution >= 4 is 41.2 Å². The third-order valence-corrected chi connectivity index (χ3v) is 8.54. The molecule has 8 nitrogen and oxygen atoms in total. The van der Waals surface area contributed by atoms with Crippen molar-refractivity contribution in [2.24, 2.45) is 0 Å². The minimum Gasteiger partial charge on any atom is -0.379 e. The molecule has 5 rings (SSSR count). The lowest BCUT2D eigenvalue weighted by Gasteiger charge is -2.35. The number of morpholine rings is 1. The van der Waals surface area contributed by atoms with E-state index in [0.717, 1.165) is 83.4 Å². The van der Waals surface area contributed by atoms with Gasteiger partial charge in [-0.05, 0) is 36.2 Å². The number of nitrogens with zero attached hydrogens (tertiary/aromatic N) is 5. The van der Waals surface area contributed by atoms with Crippen LogP contribution in [-0.4, -0.2) is 97.8 Å². The minimum atomic E-state index is -0.0418. The summed E-state index contributed by atoms with van der Waals surface area (Å²) in [5.74, 6) is 1.47. The number of hydrogen-bond donors (Lipinski definition) is 1. The zero-order chi connectivity index (χ0) is 29.0. The van der Waals surface area contributed by atoms with Crippen molar-refractivity contribution in [3.8, 4) is 0 Å². The van der Waals surface area contributed by atoms with Gasteiger partial charge in [0.1, 0.15) is 11.0 Å². The fourth-order valence-corrected chi connectivity index (χ4v) is 6.08. The van der Waals surface area contributed by atoms with Crippen LogP contribution in [0.25, 0.3) is 6.08 Å². The molecule has 2 aromatic carbocycles. The van der Waals surface area contributed by atoms with Gasteiger partial charge >= 0.3 is 0 Å². The van der Waals surface area contributed by atoms with E-state index in [9.17, 15) is 4.79 Å². The molecule has 2 aliphatic rings. The molecule has 0 saturated carbocycles. The Bertz CT molecular complexity index is 1310. The van der Waals surface area contributed by atoms with Crippen molar-refractivity contribution in [1.29, 1.82) is 0 Å². The lowest BCUT2D eigenvalue weighted by atomic mass is 10.1. The number of piperazine rings is 1. The second-order valence-corrected chi connectivity index (χ2v) is 11.8. The van der Waals surface area contributed by atoms with Crippen LogP contribution in [0.3, 0.4) is 0 Å². The highest BCUT2D eigenvalue weighted by Gasteiger charge is 2.19. The van der Waals surface area contributed by atoms with Gasteiger partial charge in [-0.3, -0.25) is 14.6 Å². The van der Waals surface area contributed by atoms with Crippen molar-refractivity contribution in [2.45, 2.75) is 17.3 Å². The van der Waals surface area contributed by atoms with Gasteiger partial charge in [0.2, 0.25) is 0 Å². The molecule has 0 atom stereocenters. The first-order valence-corrected chi connectivity index (χ1v) is 16.0. The van der Waals surface area contributed by atoms with Crippen LogP contribution in [0.5, 0.6) is 0 Å². The van der Waals surface area contributed by atoms with Gasteiger partial charge in [0.05, 0.1) is 13.2 Å². The number of thioether (sulfide) groups is 1. The third-order valence-electron chi connectivity index (χ3n) is 7.43. The smallest absolute Gasteiger partial charge is 0.251 e. The van der Waals surface area contributed by atoms with Crippen molar-refractivity contribution < 1.29 is 9.53 Å². The van der Waals surface area contributed by atoms with Crippen LogP contribution in [0.2, 0.25) is 5.15 Å². The lowest BCUT2D eigenvalue weighted by molar-refractivity contribution is 0.0374. The molecule has 1 amide bonds. The molecule has 3 heterocycles. The Labute approximate surface area is 258 Å². The molecule has 2 saturated heterocycles. The monoisotopic (exact) mass is 606 g/mol. The Morgan fingerprint density at radius 3 is 2.57 bits per heavy atom. The highest BCUT2D eigenvalue weighted by Crippen LogP contribution is 2.25. The van der Waals surface area contributed by atoms with Crippen molar-refractivity contribution in [1.82, 2.24) is 25.1 Å². The summed E-state index contributed by atoms with van der Waals surface area (Å²) < 4.78 is 5.39. The molecule has 0 unspecified atom stereocenters. The first kappa shape index (κ1) is 30.5. The SMILES string of the molecule is O=C(NCCCN1CCOCC1)c1cccc(CSc2nc(Cl)cc(N3CCN(CC=Cc4ccccc4)CC3)n2)c1. The van der Waals surface area contributed by atoms with Gasteiger partial charge in [-0.2, -0.15) is 0 Å². The Balaban J connectivity index is 1.07. The fraction of sp³-hybridized carbons (Fsp3) is 0.406. The number of hydrogen-bond acceptors (Lipinski definition) is 8. The number of nitrogens with one attached hydrogen (secondary N) is 1. The van der Waals surface area contributed by atoms with E-state index in [1.54, 1.807) is 0 Å². The molecular weight excluding hydrogens is 568 g/mol. The summed E-state index contributed by atoms with van der Waals surface area (Å²) in [5, 5.41) is 4.14. The Morgan fingerprint density at radius 1 is 0.952 bits per heavy atom. The van der Waals surface area contributed by atoms with Crippen LogP contribution in [0.1, 0.15) is 27.9 Å². The van der Waals surface area contributed by atoms with E-state index in [4.69, 9.17) is 21.3 Å². The van der Waals surface area contributed by atoms with E-state index in [1.807, 2.05) is 36.4 Å². The summed E-state index contributed by atoms with van der Waals surface area (Å²) in [4.78, 5) is 29.1. The maximum Gasteiger partial charge on any atom is 0.251 e. The van der Waals surface area contributed by atoms with Gasteiger partial charge in [0.15, 0.2) is 5.16 Å². The number of benzene rings is 2. The van der Waals surface area contributed by atoms with Crippen molar-refractivity contribution in [3.63, 3.8) is 0 Å². The van der Waals surface area contributed by atoms with Gasteiger partial charge in [0.25, 0.3) is 5.91 Å². The standard InChI is InChI=1S/C32H39ClN6O2S/c33-29-24-30(39-17-15-37(16-18-39)13-5-10-26-7-2-1-3-8-26)36-32(35-29)42-25-27-9-4-11-28(23-27)31(40)34-12-6-14-38-19-21-41-22-20-38/h1-5,7-11,23-24H,6,12-22,25H2,(H,34,40). The zero-order valence-corrected chi connectivity index (χ0v) is 25.5. The van der Waals surface area contributed by atoms with E-state index in [1.165, 1.54) is 17.3 Å². The molecule has 222 valence electrons. The Hall–Kier alpha value is -2.95. The highest BCUT2D eigenvalue weighted by molar-refractivity contribution is 7.98. The summed E-state index contributed by atoms with van der Waals surface area (Å²) in [6, 6.07) is 20.0. The summed E-state index contributed by atoms with van der Waals surface area (Å²) >= 11 is 7.94. The van der Waals surface area contributed by atoms with E-state index in [2.05, 4.69) is 61.4 Å². The summed E-state index contributed by atoms with van der Waals surface area (Å²) in [6.45, 7) is 9.80. The fourth-order valence-electron chi connectivity index (χ4n) is 5.06. The van der Waals surface area contributed by atoms with Crippen molar-refractivity contribution in [3.05, 3.63) is 88.6 Å². The number of rotatable bonds is 12. The van der Waals surface area contributed by atoms with Gasteiger partial charge in [-0.1, -0.05) is 78.0 Å². The average Bonchev–Trinajstić information content (AvgIpc) is 3.03. The van der Waals surface area contributed by atoms with Gasteiger partial charge in [0, 0.05) is 69.7 Å². The topological polar surface area (TPSA) is 73.8 Å². The van der Waals surface area contributed by atoms with Crippen molar-refractivity contribution in [2.75, 3.05) is 77.0 Å². The summed E-state index contributed by atoms with van der Waals surface area (Å²) in [6.07, 6.45) is 5.33. The number of halogens is 1. The first-order valence-electron chi connectivity index (χ1n) is 14.7. The minimum absolute atomic E-state index is 0.0418. The van der Waals surface area contributed by atoms with Crippen LogP contribution in [0, 0.1) is 0 Å². The number of ether oxygens (including phenoxy) is 1. The second-order valence-electron chi connectivity index (χ2n) is 10.5. The molecule has 0 spiro atoms. The summed E-state index contributed by atoms with van der Waals surface area (Å²) in [5.41, 5.74) is 2.94. The average molecular weight is 607 g/mol. The number of carbonyl (C=O) groups excluding carboxylic acids is 1. The maximum atomic E-state index is 12.7. The van der Waals surface area contributed by atoms with Crippen LogP contribution in [0.4, 0.5) is 5.82 Å². The quantitative estimate of drug-likeness (QED) is 0.138. The molecule has 3 aromatic rings. The molecule has 2 fully saturated rings. The number of anilines is 1. The molecule has 0 radical (unpaired) electrons. The molecule has 0 bridgehead atoms. The predicted molar refractivity (Wildman–Crippen MR) is 171 cm³/mol. The summed E-state index contributed by atoms with van der Waals surface area (Å²) in [7, 11) is 0. The van der Waals surface area contributed by atoms with Crippen LogP contribution in [-0.2, 0) is 10.5 Å². The third kappa shape index (κ3) is 9.54. The lowest BCUT2D eigenvalue weighted by Crippen LogP contribution is -2.46. The molecule has 1 N–H and O–H groups in total. The number of carbonyl (C=O) groups is 1. The first-order chi connectivity index (χ1) is 20.6. The molecule has 0 aliphatic carbocycles. The normalized spacial score (nSPS) is 16.6. The largest absolute Gasteiger partial charge is 0.379 e. The van der Waals surface area contributed by atoms with Gasteiger partial charge < -0.3 is 15.0 Å². The van der Waals surface area contributed by atoms with E-state index in [0.29, 0.717) is 28.2 Å². The second kappa shape index (κ2) is 16.0. The predicted octanol–water partition coefficient (Wildman–Crippen LogP) is 4.71. The Morgan fingerprint density at radius 2 is 1.76 bits per heavy atom. The molecule has 2 aliphatic heterocycles. The number of aromatic nitrogens is 2. The molecule has 42 heavy (non-hydrogen) atoms. The molecule has 1 aromatic heterocycles. The van der Waals surface area contributed by atoms with E-state index >= 15 is 0 Å². The van der Waals surface area contributed by atoms with Crippen LogP contribution in [0.15, 0.2) is 71.9 Å². The van der Waals surface area contributed by atoms with Gasteiger partial charge in [-0.15, -0.1) is 0 Å². The number of amides is 1. The molecule has 10 heteroatoms. The maximum absolute atomic E-state index is 12.7. The molecular formula is C32H39ClN6O2S. The van der Waals surface area contributed by atoms with Crippen LogP contribution >= 0.6 is 23.4 Å². The van der Waals surface area contributed by atoms with E-state index < -0.39 is 0 Å². The van der Waals surface area contributed by atoms with Gasteiger partial charge in [-0.25, -0.2) is 9.97 Å². The van der Waals surface area contributed by atoms with Crippen LogP contribution < -0.4 is 10.2 Å². The Kier molecular flexibility index (Phi) is 11.7. The van der Waals surface area contributed by atoms with E-state index in [-0.39, 0.29) is 5.91 Å².